The molecule has 0 spiro atoms. The summed E-state index contributed by atoms with van der Waals surface area (Å²) in [6.07, 6.45) is 10.6. The molecule has 3 heterocycles. The van der Waals surface area contributed by atoms with Crippen LogP contribution >= 0.6 is 0 Å². The molecule has 1 aliphatic heterocycles. The van der Waals surface area contributed by atoms with Crippen LogP contribution < -0.4 is 4.74 Å². The van der Waals surface area contributed by atoms with Gasteiger partial charge in [0.2, 0.25) is 5.88 Å². The van der Waals surface area contributed by atoms with Gasteiger partial charge >= 0.3 is 0 Å². The molecule has 1 aliphatic rings. The van der Waals surface area contributed by atoms with Crippen LogP contribution in [-0.2, 0) is 6.54 Å². The highest BCUT2D eigenvalue weighted by Gasteiger charge is 2.29. The van der Waals surface area contributed by atoms with Crippen molar-refractivity contribution in [3.63, 3.8) is 0 Å². The normalized spacial score (nSPS) is 15.8. The van der Waals surface area contributed by atoms with Crippen LogP contribution in [0.2, 0.25) is 0 Å². The van der Waals surface area contributed by atoms with Crippen molar-refractivity contribution >= 4 is 5.91 Å². The Labute approximate surface area is 199 Å². The van der Waals surface area contributed by atoms with E-state index in [2.05, 4.69) is 15.0 Å². The van der Waals surface area contributed by atoms with E-state index in [9.17, 15) is 4.79 Å². The topological polar surface area (TPSA) is 73.1 Å². The highest BCUT2D eigenvalue weighted by atomic mass is 16.5. The van der Waals surface area contributed by atoms with Gasteiger partial charge in [0.25, 0.3) is 5.91 Å². The van der Waals surface area contributed by atoms with Crippen LogP contribution in [0.25, 0.3) is 0 Å². The second-order valence-electron chi connectivity index (χ2n) is 8.60. The number of para-hydroxylation sites is 1. The number of piperidine rings is 1. The first-order valence-corrected chi connectivity index (χ1v) is 11.6. The third kappa shape index (κ3) is 4.69. The summed E-state index contributed by atoms with van der Waals surface area (Å²) in [5.74, 6) is 1.38. The van der Waals surface area contributed by atoms with E-state index in [-0.39, 0.29) is 11.8 Å². The molecule has 1 amide bonds. The standard InChI is InChI=1S/C27H27N5O2/c1-20-7-2-5-11-24(20)34-26-25(29-12-13-30-26)22-9-6-15-32(18-22)27(33)23-10-4-3-8-21(23)17-31-16-14-28-19-31/h2-5,7-8,10-14,16,19,22H,6,9,15,17-18H2,1H3/t22-/m1/s1. The smallest absolute Gasteiger partial charge is 0.254 e. The molecule has 1 saturated heterocycles. The SMILES string of the molecule is Cc1ccccc1Oc1nccnc1[C@@H]1CCCN(C(=O)c2ccccc2Cn2ccnc2)C1. The molecule has 0 N–H and O–H groups in total. The van der Waals surface area contributed by atoms with Crippen molar-refractivity contribution in [3.05, 3.63) is 102 Å². The van der Waals surface area contributed by atoms with Gasteiger partial charge in [0, 0.05) is 55.9 Å². The van der Waals surface area contributed by atoms with Gasteiger partial charge in [0.15, 0.2) is 0 Å². The third-order valence-electron chi connectivity index (χ3n) is 6.25. The first-order chi connectivity index (χ1) is 16.7. The molecule has 172 valence electrons. The average molecular weight is 454 g/mol. The number of benzene rings is 2. The van der Waals surface area contributed by atoms with Gasteiger partial charge in [0.05, 0.1) is 6.33 Å². The van der Waals surface area contributed by atoms with Crippen LogP contribution in [0.4, 0.5) is 0 Å². The van der Waals surface area contributed by atoms with Crippen LogP contribution in [0.3, 0.4) is 0 Å². The predicted molar refractivity (Wildman–Crippen MR) is 129 cm³/mol. The fourth-order valence-electron chi connectivity index (χ4n) is 4.47. The molecule has 0 radical (unpaired) electrons. The van der Waals surface area contributed by atoms with Crippen LogP contribution in [0, 0.1) is 6.92 Å². The second kappa shape index (κ2) is 9.87. The van der Waals surface area contributed by atoms with E-state index < -0.39 is 0 Å². The van der Waals surface area contributed by atoms with Gasteiger partial charge in [-0.05, 0) is 43.0 Å². The molecule has 0 aliphatic carbocycles. The highest BCUT2D eigenvalue weighted by Crippen LogP contribution is 2.34. The molecular formula is C27H27N5O2. The lowest BCUT2D eigenvalue weighted by Crippen LogP contribution is -2.39. The number of carbonyl (C=O) groups is 1. The Kier molecular flexibility index (Phi) is 6.33. The monoisotopic (exact) mass is 453 g/mol. The minimum Gasteiger partial charge on any atom is -0.437 e. The first-order valence-electron chi connectivity index (χ1n) is 11.6. The van der Waals surface area contributed by atoms with Gasteiger partial charge in [0.1, 0.15) is 11.4 Å². The number of hydrogen-bond donors (Lipinski definition) is 0. The zero-order valence-corrected chi connectivity index (χ0v) is 19.2. The maximum absolute atomic E-state index is 13.6. The fraction of sp³-hybridized carbons (Fsp3) is 0.259. The quantitative estimate of drug-likeness (QED) is 0.418. The Morgan fingerprint density at radius 3 is 2.74 bits per heavy atom. The van der Waals surface area contributed by atoms with Crippen molar-refractivity contribution in [1.29, 1.82) is 0 Å². The van der Waals surface area contributed by atoms with Crippen molar-refractivity contribution in [2.75, 3.05) is 13.1 Å². The molecule has 7 heteroatoms. The summed E-state index contributed by atoms with van der Waals surface area (Å²) in [7, 11) is 0. The van der Waals surface area contributed by atoms with Gasteiger partial charge in [-0.15, -0.1) is 0 Å². The van der Waals surface area contributed by atoms with Gasteiger partial charge in [-0.1, -0.05) is 36.4 Å². The zero-order chi connectivity index (χ0) is 23.3. The summed E-state index contributed by atoms with van der Waals surface area (Å²) in [5, 5.41) is 0. The van der Waals surface area contributed by atoms with Crippen molar-refractivity contribution in [3.8, 4) is 11.6 Å². The number of hydrogen-bond acceptors (Lipinski definition) is 5. The van der Waals surface area contributed by atoms with E-state index in [0.717, 1.165) is 47.5 Å². The summed E-state index contributed by atoms with van der Waals surface area (Å²) in [4.78, 5) is 28.7. The summed E-state index contributed by atoms with van der Waals surface area (Å²) in [5.41, 5.74) is 3.55. The minimum absolute atomic E-state index is 0.0469. The Morgan fingerprint density at radius 2 is 1.88 bits per heavy atom. The average Bonchev–Trinajstić information content (AvgIpc) is 3.39. The number of imidazole rings is 1. The van der Waals surface area contributed by atoms with Crippen LogP contribution in [-0.4, -0.2) is 43.4 Å². The number of aromatic nitrogens is 4. The number of likely N-dealkylation sites (tertiary alicyclic amines) is 1. The molecule has 0 saturated carbocycles. The molecule has 0 bridgehead atoms. The Hall–Kier alpha value is -4.00. The van der Waals surface area contributed by atoms with Crippen molar-refractivity contribution in [2.24, 2.45) is 0 Å². The number of amides is 1. The number of rotatable bonds is 6. The molecule has 1 atom stereocenters. The fourth-order valence-corrected chi connectivity index (χ4v) is 4.47. The number of nitrogens with zero attached hydrogens (tertiary/aromatic N) is 5. The minimum atomic E-state index is 0.0469. The zero-order valence-electron chi connectivity index (χ0n) is 19.2. The third-order valence-corrected chi connectivity index (χ3v) is 6.25. The Bertz CT molecular complexity index is 1270. The lowest BCUT2D eigenvalue weighted by Gasteiger charge is -2.33. The van der Waals surface area contributed by atoms with Crippen molar-refractivity contribution < 1.29 is 9.53 Å². The molecule has 4 aromatic rings. The number of carbonyl (C=O) groups excluding carboxylic acids is 1. The van der Waals surface area contributed by atoms with Crippen molar-refractivity contribution in [2.45, 2.75) is 32.2 Å². The molecule has 2 aromatic heterocycles. The van der Waals surface area contributed by atoms with E-state index in [4.69, 9.17) is 4.74 Å². The van der Waals surface area contributed by atoms with E-state index in [1.807, 2.05) is 71.1 Å². The maximum Gasteiger partial charge on any atom is 0.254 e. The first kappa shape index (κ1) is 21.8. The summed E-state index contributed by atoms with van der Waals surface area (Å²) < 4.78 is 8.14. The molecule has 1 fully saturated rings. The molecule has 7 nitrogen and oxygen atoms in total. The molecule has 2 aromatic carbocycles. The lowest BCUT2D eigenvalue weighted by atomic mass is 9.93. The largest absolute Gasteiger partial charge is 0.437 e. The van der Waals surface area contributed by atoms with Crippen LogP contribution in [0.5, 0.6) is 11.6 Å². The number of aryl methyl sites for hydroxylation is 1. The van der Waals surface area contributed by atoms with E-state index in [0.29, 0.717) is 19.0 Å². The van der Waals surface area contributed by atoms with E-state index in [1.54, 1.807) is 24.9 Å². The van der Waals surface area contributed by atoms with Gasteiger partial charge < -0.3 is 14.2 Å². The van der Waals surface area contributed by atoms with Crippen LogP contribution in [0.15, 0.2) is 79.6 Å². The Morgan fingerprint density at radius 1 is 1.06 bits per heavy atom. The van der Waals surface area contributed by atoms with Gasteiger partial charge in [-0.25, -0.2) is 9.97 Å². The summed E-state index contributed by atoms with van der Waals surface area (Å²) >= 11 is 0. The van der Waals surface area contributed by atoms with E-state index in [1.165, 1.54) is 0 Å². The molecular weight excluding hydrogens is 426 g/mol. The summed E-state index contributed by atoms with van der Waals surface area (Å²) in [6, 6.07) is 15.7. The number of ether oxygens (including phenoxy) is 1. The Balaban J connectivity index is 1.37. The summed E-state index contributed by atoms with van der Waals surface area (Å²) in [6.45, 7) is 3.93. The van der Waals surface area contributed by atoms with Gasteiger partial charge in [-0.2, -0.15) is 0 Å². The molecule has 0 unspecified atom stereocenters. The van der Waals surface area contributed by atoms with Crippen molar-refractivity contribution in [1.82, 2.24) is 24.4 Å². The molecule has 5 rings (SSSR count). The van der Waals surface area contributed by atoms with Crippen LogP contribution in [0.1, 0.15) is 45.9 Å². The second-order valence-corrected chi connectivity index (χ2v) is 8.60. The highest BCUT2D eigenvalue weighted by molar-refractivity contribution is 5.95. The lowest BCUT2D eigenvalue weighted by molar-refractivity contribution is 0.0703. The predicted octanol–water partition coefficient (Wildman–Crippen LogP) is 4.84. The van der Waals surface area contributed by atoms with E-state index >= 15 is 0 Å². The van der Waals surface area contributed by atoms with Gasteiger partial charge in [-0.3, -0.25) is 9.78 Å². The maximum atomic E-state index is 13.6. The molecule has 34 heavy (non-hydrogen) atoms.